The summed E-state index contributed by atoms with van der Waals surface area (Å²) < 4.78 is 5.88. The number of fused-ring (bicyclic) bond motifs is 1. The van der Waals surface area contributed by atoms with Gasteiger partial charge in [-0.2, -0.15) is 5.10 Å². The Morgan fingerprint density at radius 3 is 3.08 bits per heavy atom. The highest BCUT2D eigenvalue weighted by Gasteiger charge is 2.26. The lowest BCUT2D eigenvalue weighted by molar-refractivity contribution is 0.0720. The molecule has 2 aromatic heterocycles. The number of likely N-dealkylation sites (tertiary alicyclic amines) is 1. The highest BCUT2D eigenvalue weighted by molar-refractivity contribution is 6.00. The second-order valence-corrected chi connectivity index (χ2v) is 6.60. The number of rotatable bonds is 3. The Hall–Kier alpha value is -2.60. The minimum atomic E-state index is -0.0652. The molecular formula is C19H21N3O3. The normalized spacial score (nSPS) is 18.4. The Morgan fingerprint density at radius 2 is 2.24 bits per heavy atom. The Labute approximate surface area is 145 Å². The van der Waals surface area contributed by atoms with E-state index < -0.39 is 0 Å². The molecule has 6 nitrogen and oxygen atoms in total. The van der Waals surface area contributed by atoms with Crippen molar-refractivity contribution < 1.29 is 14.3 Å². The first-order chi connectivity index (χ1) is 12.3. The van der Waals surface area contributed by atoms with Gasteiger partial charge in [0.2, 0.25) is 0 Å². The third-order valence-corrected chi connectivity index (χ3v) is 4.86. The number of benzene rings is 1. The van der Waals surface area contributed by atoms with Gasteiger partial charge in [-0.15, -0.1) is 0 Å². The number of amides is 1. The molecule has 3 aromatic rings. The zero-order valence-corrected chi connectivity index (χ0v) is 13.9. The topological polar surface area (TPSA) is 82.4 Å². The van der Waals surface area contributed by atoms with Crippen molar-refractivity contribution in [3.63, 3.8) is 0 Å². The lowest BCUT2D eigenvalue weighted by Gasteiger charge is -2.23. The van der Waals surface area contributed by atoms with E-state index in [-0.39, 0.29) is 18.4 Å². The van der Waals surface area contributed by atoms with Crippen LogP contribution in [-0.2, 0) is 0 Å². The molecule has 4 rings (SSSR count). The molecule has 1 saturated heterocycles. The average molecular weight is 339 g/mol. The van der Waals surface area contributed by atoms with Gasteiger partial charge in [-0.05, 0) is 30.9 Å². The van der Waals surface area contributed by atoms with Crippen molar-refractivity contribution in [2.24, 2.45) is 5.92 Å². The summed E-state index contributed by atoms with van der Waals surface area (Å²) in [5, 5.41) is 17.4. The first-order valence-electron chi connectivity index (χ1n) is 8.68. The molecule has 6 heteroatoms. The van der Waals surface area contributed by atoms with Crippen molar-refractivity contribution in [2.45, 2.75) is 19.3 Å². The molecule has 130 valence electrons. The SMILES string of the molecule is O=C(c1cn[nH]c1-c1cc2ccccc2o1)N1CCCCC(CO)C1. The molecule has 3 heterocycles. The van der Waals surface area contributed by atoms with Gasteiger partial charge in [0.1, 0.15) is 11.3 Å². The minimum absolute atomic E-state index is 0.0652. The van der Waals surface area contributed by atoms with E-state index in [9.17, 15) is 9.90 Å². The van der Waals surface area contributed by atoms with Crippen LogP contribution in [-0.4, -0.2) is 45.8 Å². The van der Waals surface area contributed by atoms with Gasteiger partial charge in [-0.1, -0.05) is 24.6 Å². The smallest absolute Gasteiger partial charge is 0.257 e. The number of aromatic amines is 1. The largest absolute Gasteiger partial charge is 0.454 e. The zero-order valence-electron chi connectivity index (χ0n) is 13.9. The summed E-state index contributed by atoms with van der Waals surface area (Å²) in [5.74, 6) is 0.688. The molecule has 25 heavy (non-hydrogen) atoms. The van der Waals surface area contributed by atoms with Gasteiger partial charge >= 0.3 is 0 Å². The highest BCUT2D eigenvalue weighted by atomic mass is 16.3. The molecule has 1 amide bonds. The van der Waals surface area contributed by atoms with Crippen LogP contribution in [0.15, 0.2) is 40.9 Å². The number of hydrogen-bond donors (Lipinski definition) is 2. The van der Waals surface area contributed by atoms with Crippen molar-refractivity contribution in [1.82, 2.24) is 15.1 Å². The summed E-state index contributed by atoms with van der Waals surface area (Å²) in [6, 6.07) is 9.66. The summed E-state index contributed by atoms with van der Waals surface area (Å²) >= 11 is 0. The van der Waals surface area contributed by atoms with Crippen LogP contribution < -0.4 is 0 Å². The maximum Gasteiger partial charge on any atom is 0.257 e. The molecule has 1 fully saturated rings. The quantitative estimate of drug-likeness (QED) is 0.768. The van der Waals surface area contributed by atoms with Crippen LogP contribution in [0.1, 0.15) is 29.6 Å². The van der Waals surface area contributed by atoms with E-state index in [0.29, 0.717) is 30.1 Å². The fraction of sp³-hybridized carbons (Fsp3) is 0.368. The maximum absolute atomic E-state index is 13.0. The number of carbonyl (C=O) groups is 1. The van der Waals surface area contributed by atoms with Crippen LogP contribution in [0.4, 0.5) is 0 Å². The number of carbonyl (C=O) groups excluding carboxylic acids is 1. The number of aliphatic hydroxyl groups is 1. The molecule has 0 aliphatic carbocycles. The molecule has 2 N–H and O–H groups in total. The van der Waals surface area contributed by atoms with Crippen LogP contribution in [0.3, 0.4) is 0 Å². The van der Waals surface area contributed by atoms with Gasteiger partial charge in [0.05, 0.1) is 11.8 Å². The fourth-order valence-electron chi connectivity index (χ4n) is 3.47. The van der Waals surface area contributed by atoms with Crippen LogP contribution in [0, 0.1) is 5.92 Å². The number of aliphatic hydroxyl groups excluding tert-OH is 1. The van der Waals surface area contributed by atoms with Crippen molar-refractivity contribution in [2.75, 3.05) is 19.7 Å². The van der Waals surface area contributed by atoms with Crippen molar-refractivity contribution in [1.29, 1.82) is 0 Å². The summed E-state index contributed by atoms with van der Waals surface area (Å²) in [5.41, 5.74) is 1.89. The third-order valence-electron chi connectivity index (χ3n) is 4.86. The van der Waals surface area contributed by atoms with Crippen LogP contribution in [0.25, 0.3) is 22.4 Å². The number of aromatic nitrogens is 2. The number of furan rings is 1. The van der Waals surface area contributed by atoms with Crippen molar-refractivity contribution in [3.05, 3.63) is 42.1 Å². The number of para-hydroxylation sites is 1. The summed E-state index contributed by atoms with van der Waals surface area (Å²) in [4.78, 5) is 14.9. The second kappa shape index (κ2) is 6.72. The molecule has 0 bridgehead atoms. The molecule has 0 radical (unpaired) electrons. The van der Waals surface area contributed by atoms with E-state index in [1.54, 1.807) is 6.20 Å². The van der Waals surface area contributed by atoms with E-state index in [0.717, 1.165) is 30.2 Å². The lowest BCUT2D eigenvalue weighted by atomic mass is 10.0. The first kappa shape index (κ1) is 15.9. The Bertz CT molecular complexity index is 850. The maximum atomic E-state index is 13.0. The number of hydrogen-bond acceptors (Lipinski definition) is 4. The molecule has 0 saturated carbocycles. The minimum Gasteiger partial charge on any atom is -0.454 e. The summed E-state index contributed by atoms with van der Waals surface area (Å²) in [6.45, 7) is 1.41. The number of nitrogens with one attached hydrogen (secondary N) is 1. The second-order valence-electron chi connectivity index (χ2n) is 6.60. The van der Waals surface area contributed by atoms with Gasteiger partial charge < -0.3 is 14.4 Å². The monoisotopic (exact) mass is 339 g/mol. The molecular weight excluding hydrogens is 318 g/mol. The summed E-state index contributed by atoms with van der Waals surface area (Å²) in [6.07, 6.45) is 4.52. The molecule has 1 aliphatic heterocycles. The first-order valence-corrected chi connectivity index (χ1v) is 8.68. The average Bonchev–Trinajstić information content (AvgIpc) is 3.21. The molecule has 1 aromatic carbocycles. The van der Waals surface area contributed by atoms with E-state index in [2.05, 4.69) is 10.2 Å². The van der Waals surface area contributed by atoms with E-state index >= 15 is 0 Å². The lowest BCUT2D eigenvalue weighted by Crippen LogP contribution is -2.35. The van der Waals surface area contributed by atoms with Gasteiger partial charge in [-0.25, -0.2) is 0 Å². The van der Waals surface area contributed by atoms with Crippen molar-refractivity contribution >= 4 is 16.9 Å². The molecule has 1 atom stereocenters. The van der Waals surface area contributed by atoms with Crippen molar-refractivity contribution in [3.8, 4) is 11.5 Å². The molecule has 1 unspecified atom stereocenters. The molecule has 0 spiro atoms. The van der Waals surface area contributed by atoms with Gasteiger partial charge in [-0.3, -0.25) is 9.89 Å². The van der Waals surface area contributed by atoms with E-state index in [1.807, 2.05) is 35.2 Å². The van der Waals surface area contributed by atoms with Gasteiger partial charge in [0.25, 0.3) is 5.91 Å². The number of nitrogens with zero attached hydrogens (tertiary/aromatic N) is 2. The Kier molecular flexibility index (Phi) is 4.28. The standard InChI is InChI=1S/C19H21N3O3/c23-12-13-5-3-4-8-22(11-13)19(24)15-10-20-21-18(15)17-9-14-6-1-2-7-16(14)25-17/h1-2,6-7,9-10,13,23H,3-5,8,11-12H2,(H,20,21). The fourth-order valence-corrected chi connectivity index (χ4v) is 3.47. The van der Waals surface area contributed by atoms with Crippen LogP contribution >= 0.6 is 0 Å². The third kappa shape index (κ3) is 3.05. The van der Waals surface area contributed by atoms with Gasteiger partial charge in [0.15, 0.2) is 5.76 Å². The zero-order chi connectivity index (χ0) is 17.2. The Morgan fingerprint density at radius 1 is 1.36 bits per heavy atom. The number of H-pyrrole nitrogens is 1. The molecule has 1 aliphatic rings. The highest BCUT2D eigenvalue weighted by Crippen LogP contribution is 2.29. The van der Waals surface area contributed by atoms with E-state index in [4.69, 9.17) is 4.42 Å². The summed E-state index contributed by atoms with van der Waals surface area (Å²) in [7, 11) is 0. The van der Waals surface area contributed by atoms with Crippen LogP contribution in [0.2, 0.25) is 0 Å². The predicted molar refractivity (Wildman–Crippen MR) is 94.1 cm³/mol. The van der Waals surface area contributed by atoms with Gasteiger partial charge in [0, 0.05) is 25.1 Å². The predicted octanol–water partition coefficient (Wildman–Crippen LogP) is 3.06. The van der Waals surface area contributed by atoms with Crippen LogP contribution in [0.5, 0.6) is 0 Å². The Balaban J connectivity index is 1.65. The van der Waals surface area contributed by atoms with E-state index in [1.165, 1.54) is 0 Å².